The number of rotatable bonds is 6. The third-order valence-corrected chi connectivity index (χ3v) is 8.05. The molecule has 32 heavy (non-hydrogen) atoms. The Balaban J connectivity index is 1.58. The Morgan fingerprint density at radius 2 is 1.78 bits per heavy atom. The van der Waals surface area contributed by atoms with Crippen molar-refractivity contribution in [3.8, 4) is 0 Å². The zero-order valence-electron chi connectivity index (χ0n) is 18.3. The summed E-state index contributed by atoms with van der Waals surface area (Å²) in [7, 11) is -3.54. The molecule has 0 aliphatic carbocycles. The first kappa shape index (κ1) is 22.5. The van der Waals surface area contributed by atoms with Crippen LogP contribution in [-0.2, 0) is 32.5 Å². The van der Waals surface area contributed by atoms with E-state index in [9.17, 15) is 18.0 Å². The van der Waals surface area contributed by atoms with Gasteiger partial charge in [-0.25, -0.2) is 8.42 Å². The van der Waals surface area contributed by atoms with Crippen LogP contribution in [0.1, 0.15) is 43.7 Å². The number of anilines is 2. The van der Waals surface area contributed by atoms with Crippen LogP contribution in [0.5, 0.6) is 0 Å². The second kappa shape index (κ2) is 9.42. The van der Waals surface area contributed by atoms with Crippen molar-refractivity contribution >= 4 is 33.2 Å². The van der Waals surface area contributed by atoms with Crippen LogP contribution < -0.4 is 10.2 Å². The molecule has 2 heterocycles. The lowest BCUT2D eigenvalue weighted by Crippen LogP contribution is -2.38. The molecule has 0 spiro atoms. The highest BCUT2D eigenvalue weighted by atomic mass is 32.2. The van der Waals surface area contributed by atoms with Crippen molar-refractivity contribution in [1.82, 2.24) is 4.31 Å². The Morgan fingerprint density at radius 1 is 1.03 bits per heavy atom. The average Bonchev–Trinajstić information content (AvgIpc) is 3.29. The van der Waals surface area contributed by atoms with Gasteiger partial charge < -0.3 is 10.2 Å². The predicted molar refractivity (Wildman–Crippen MR) is 124 cm³/mol. The fraction of sp³-hybridized carbons (Fsp3) is 0.417. The molecule has 2 amide bonds. The minimum Gasteiger partial charge on any atom is -0.324 e. The number of carbonyl (C=O) groups excluding carboxylic acids is 2. The first-order chi connectivity index (χ1) is 15.4. The fourth-order valence-electron chi connectivity index (χ4n) is 4.42. The highest BCUT2D eigenvalue weighted by molar-refractivity contribution is 7.89. The van der Waals surface area contributed by atoms with Gasteiger partial charge in [-0.3, -0.25) is 9.59 Å². The molecule has 2 aromatic carbocycles. The topological polar surface area (TPSA) is 86.8 Å². The zero-order valence-corrected chi connectivity index (χ0v) is 19.2. The molecule has 1 fully saturated rings. The quantitative estimate of drug-likeness (QED) is 0.724. The van der Waals surface area contributed by atoms with Crippen molar-refractivity contribution in [2.75, 3.05) is 29.9 Å². The Morgan fingerprint density at radius 3 is 2.53 bits per heavy atom. The van der Waals surface area contributed by atoms with Crippen molar-refractivity contribution in [2.24, 2.45) is 0 Å². The molecular weight excluding hydrogens is 426 g/mol. The monoisotopic (exact) mass is 455 g/mol. The summed E-state index contributed by atoms with van der Waals surface area (Å²) in [6.45, 7) is 3.00. The van der Waals surface area contributed by atoms with Crippen LogP contribution in [-0.4, -0.2) is 44.2 Å². The largest absolute Gasteiger partial charge is 0.324 e. The molecule has 170 valence electrons. The van der Waals surface area contributed by atoms with E-state index in [-0.39, 0.29) is 23.3 Å². The molecule has 1 saturated heterocycles. The number of nitrogens with one attached hydrogen (secondary N) is 1. The summed E-state index contributed by atoms with van der Waals surface area (Å²) in [4.78, 5) is 27.4. The molecule has 8 heteroatoms. The third-order valence-electron chi connectivity index (χ3n) is 6.16. The van der Waals surface area contributed by atoms with Gasteiger partial charge in [0.15, 0.2) is 0 Å². The Kier molecular flexibility index (Phi) is 6.62. The summed E-state index contributed by atoms with van der Waals surface area (Å²) in [6.07, 6.45) is 4.08. The van der Waals surface area contributed by atoms with Crippen LogP contribution in [0.15, 0.2) is 47.4 Å². The summed E-state index contributed by atoms with van der Waals surface area (Å²) in [5, 5.41) is 2.92. The van der Waals surface area contributed by atoms with E-state index in [0.29, 0.717) is 38.0 Å². The normalized spacial score (nSPS) is 17.2. The number of nitrogens with zero attached hydrogens (tertiary/aromatic N) is 2. The summed E-state index contributed by atoms with van der Waals surface area (Å²) in [6, 6.07) is 12.5. The second-order valence-corrected chi connectivity index (χ2v) is 10.2. The first-order valence-electron chi connectivity index (χ1n) is 11.2. The zero-order chi connectivity index (χ0) is 22.7. The van der Waals surface area contributed by atoms with Crippen LogP contribution in [0, 0.1) is 0 Å². The van der Waals surface area contributed by atoms with Gasteiger partial charge in [0, 0.05) is 30.9 Å². The highest BCUT2D eigenvalue weighted by Gasteiger charge is 2.30. The number of hydrogen-bond donors (Lipinski definition) is 1. The smallest absolute Gasteiger partial charge is 0.244 e. The standard InChI is InChI=1S/C24H29N3O4S/c1-2-18-8-3-4-10-21(18)25-23(28)17-27-22-13-12-20(16-19(22)9-7-11-24(27)29)32(30,31)26-14-5-6-15-26/h3-4,8,10,12-13,16H,2,5-7,9,11,14-15,17H2,1H3,(H,25,28). The summed E-state index contributed by atoms with van der Waals surface area (Å²) >= 11 is 0. The van der Waals surface area contributed by atoms with Gasteiger partial charge >= 0.3 is 0 Å². The van der Waals surface area contributed by atoms with Crippen LogP contribution in [0.3, 0.4) is 0 Å². The molecule has 2 aliphatic rings. The Bertz CT molecular complexity index is 1120. The van der Waals surface area contributed by atoms with E-state index in [4.69, 9.17) is 0 Å². The molecule has 0 atom stereocenters. The van der Waals surface area contributed by atoms with E-state index < -0.39 is 10.0 Å². The van der Waals surface area contributed by atoms with E-state index in [0.717, 1.165) is 36.1 Å². The molecule has 2 aromatic rings. The van der Waals surface area contributed by atoms with Gasteiger partial charge in [-0.2, -0.15) is 4.31 Å². The fourth-order valence-corrected chi connectivity index (χ4v) is 5.99. The molecule has 0 bridgehead atoms. The van der Waals surface area contributed by atoms with E-state index in [1.54, 1.807) is 18.2 Å². The number of hydrogen-bond acceptors (Lipinski definition) is 4. The van der Waals surface area contributed by atoms with Crippen molar-refractivity contribution in [3.63, 3.8) is 0 Å². The van der Waals surface area contributed by atoms with Crippen molar-refractivity contribution < 1.29 is 18.0 Å². The lowest BCUT2D eigenvalue weighted by atomic mass is 10.1. The number of para-hydroxylation sites is 1. The third kappa shape index (κ3) is 4.56. The molecule has 0 saturated carbocycles. The second-order valence-electron chi connectivity index (χ2n) is 8.29. The maximum atomic E-state index is 13.0. The molecule has 1 N–H and O–H groups in total. The van der Waals surface area contributed by atoms with Gasteiger partial charge in [-0.15, -0.1) is 0 Å². The number of fused-ring (bicyclic) bond motifs is 1. The Labute approximate surface area is 189 Å². The summed E-state index contributed by atoms with van der Waals surface area (Å²) in [5.74, 6) is -0.404. The molecule has 2 aliphatic heterocycles. The maximum Gasteiger partial charge on any atom is 0.244 e. The average molecular weight is 456 g/mol. The first-order valence-corrected chi connectivity index (χ1v) is 12.7. The Hall–Kier alpha value is -2.71. The van der Waals surface area contributed by atoms with Gasteiger partial charge in [-0.1, -0.05) is 25.1 Å². The number of aryl methyl sites for hydroxylation is 2. The molecule has 0 unspecified atom stereocenters. The number of amides is 2. The minimum absolute atomic E-state index is 0.109. The van der Waals surface area contributed by atoms with E-state index >= 15 is 0 Å². The van der Waals surface area contributed by atoms with Gasteiger partial charge in [0.25, 0.3) is 0 Å². The molecular formula is C24H29N3O4S. The minimum atomic E-state index is -3.54. The highest BCUT2D eigenvalue weighted by Crippen LogP contribution is 2.31. The molecule has 4 rings (SSSR count). The molecule has 0 radical (unpaired) electrons. The van der Waals surface area contributed by atoms with Crippen molar-refractivity contribution in [2.45, 2.75) is 50.3 Å². The van der Waals surface area contributed by atoms with E-state index in [1.807, 2.05) is 31.2 Å². The van der Waals surface area contributed by atoms with Crippen LogP contribution in [0.25, 0.3) is 0 Å². The van der Waals surface area contributed by atoms with Gasteiger partial charge in [-0.05, 0) is 67.5 Å². The van der Waals surface area contributed by atoms with Crippen molar-refractivity contribution in [3.05, 3.63) is 53.6 Å². The van der Waals surface area contributed by atoms with Crippen LogP contribution >= 0.6 is 0 Å². The van der Waals surface area contributed by atoms with Crippen molar-refractivity contribution in [1.29, 1.82) is 0 Å². The van der Waals surface area contributed by atoms with E-state index in [1.165, 1.54) is 9.21 Å². The van der Waals surface area contributed by atoms with Crippen LogP contribution in [0.4, 0.5) is 11.4 Å². The number of benzene rings is 2. The summed E-state index contributed by atoms with van der Waals surface area (Å²) < 4.78 is 27.5. The van der Waals surface area contributed by atoms with Gasteiger partial charge in [0.05, 0.1) is 4.90 Å². The SMILES string of the molecule is CCc1ccccc1NC(=O)CN1C(=O)CCCc2cc(S(=O)(=O)N3CCCC3)ccc21. The van der Waals surface area contributed by atoms with Crippen LogP contribution in [0.2, 0.25) is 0 Å². The lowest BCUT2D eigenvalue weighted by molar-refractivity contribution is -0.121. The van der Waals surface area contributed by atoms with Gasteiger partial charge in [0.1, 0.15) is 6.54 Å². The maximum absolute atomic E-state index is 13.0. The molecule has 0 aromatic heterocycles. The predicted octanol–water partition coefficient (Wildman–Crippen LogP) is 3.34. The van der Waals surface area contributed by atoms with E-state index in [2.05, 4.69) is 5.32 Å². The summed E-state index contributed by atoms with van der Waals surface area (Å²) in [5.41, 5.74) is 3.18. The number of carbonyl (C=O) groups is 2. The van der Waals surface area contributed by atoms with Gasteiger partial charge in [0.2, 0.25) is 21.8 Å². The molecule has 7 nitrogen and oxygen atoms in total. The lowest BCUT2D eigenvalue weighted by Gasteiger charge is -2.24. The number of sulfonamides is 1.